The summed E-state index contributed by atoms with van der Waals surface area (Å²) in [5.41, 5.74) is 6.02. The molecule has 0 radical (unpaired) electrons. The Morgan fingerprint density at radius 2 is 1.48 bits per heavy atom. The Balaban J connectivity index is 0.00000136. The van der Waals surface area contributed by atoms with E-state index in [0.29, 0.717) is 31.7 Å². The second-order valence-corrected chi connectivity index (χ2v) is 10.0. The minimum absolute atomic E-state index is 0. The van der Waals surface area contributed by atoms with Gasteiger partial charge in [0.05, 0.1) is 23.5 Å². The maximum absolute atomic E-state index is 13.3. The van der Waals surface area contributed by atoms with E-state index in [2.05, 4.69) is 9.80 Å². The molecular formula is C26H38Cl3F3N4O3S. The summed E-state index contributed by atoms with van der Waals surface area (Å²) in [5, 5.41) is 17.1. The molecule has 1 saturated heterocycles. The molecule has 4 rings (SSSR count). The molecule has 2 heterocycles. The van der Waals surface area contributed by atoms with Crippen LogP contribution in [0.5, 0.6) is 0 Å². The van der Waals surface area contributed by atoms with E-state index in [1.165, 1.54) is 23.9 Å². The molecule has 4 N–H and O–H groups in total. The Bertz CT molecular complexity index is 1030. The number of hydrogen-bond acceptors (Lipinski definition) is 7. The fourth-order valence-corrected chi connectivity index (χ4v) is 5.41. The number of fused-ring (bicyclic) bond motifs is 2. The molecule has 40 heavy (non-hydrogen) atoms. The summed E-state index contributed by atoms with van der Waals surface area (Å²) in [4.78, 5) is 18.3. The van der Waals surface area contributed by atoms with Crippen molar-refractivity contribution in [2.24, 2.45) is 5.73 Å². The standard InChI is InChI=1S/C22H26F3N3OS.C4H9NO2.3ClH/c23-22(24,25)17-6-7-21-19(16-17)28(18-4-1-2-5-20(18)30-21)9-3-8-26-10-12-27(13-11-26)14-15-29;5-3-1-2-4(6)7;;;/h1-2,4-7,16,29H,3,8-15H2;1-3,5H2,(H,6,7);3*1H. The van der Waals surface area contributed by atoms with Crippen LogP contribution < -0.4 is 10.6 Å². The smallest absolute Gasteiger partial charge is 0.416 e. The molecule has 0 saturated carbocycles. The van der Waals surface area contributed by atoms with Crippen LogP contribution in [0.3, 0.4) is 0 Å². The van der Waals surface area contributed by atoms with Crippen molar-refractivity contribution < 1.29 is 28.2 Å². The molecule has 1 fully saturated rings. The van der Waals surface area contributed by atoms with Gasteiger partial charge in [0.25, 0.3) is 0 Å². The fraction of sp³-hybridized carbons (Fsp3) is 0.500. The number of aliphatic carboxylic acids is 1. The summed E-state index contributed by atoms with van der Waals surface area (Å²) in [5.74, 6) is -0.773. The van der Waals surface area contributed by atoms with Gasteiger partial charge in [0, 0.05) is 55.5 Å². The minimum atomic E-state index is -4.35. The largest absolute Gasteiger partial charge is 0.481 e. The monoisotopic (exact) mass is 648 g/mol. The van der Waals surface area contributed by atoms with E-state index in [0.717, 1.165) is 54.6 Å². The van der Waals surface area contributed by atoms with Gasteiger partial charge < -0.3 is 25.7 Å². The Morgan fingerprint density at radius 1 is 0.875 bits per heavy atom. The number of rotatable bonds is 9. The summed E-state index contributed by atoms with van der Waals surface area (Å²) in [6.45, 7) is 6.76. The number of carboxylic acid groups (broad SMARTS) is 1. The van der Waals surface area contributed by atoms with Crippen LogP contribution in [0.2, 0.25) is 0 Å². The van der Waals surface area contributed by atoms with Crippen molar-refractivity contribution in [3.63, 3.8) is 0 Å². The van der Waals surface area contributed by atoms with Crippen LogP contribution in [0.4, 0.5) is 24.5 Å². The average Bonchev–Trinajstić information content (AvgIpc) is 2.87. The van der Waals surface area contributed by atoms with Gasteiger partial charge in [-0.15, -0.1) is 37.2 Å². The number of anilines is 2. The van der Waals surface area contributed by atoms with Gasteiger partial charge in [0.1, 0.15) is 0 Å². The van der Waals surface area contributed by atoms with Crippen LogP contribution in [0.25, 0.3) is 0 Å². The summed E-state index contributed by atoms with van der Waals surface area (Å²) < 4.78 is 39.9. The van der Waals surface area contributed by atoms with Crippen molar-refractivity contribution in [3.05, 3.63) is 48.0 Å². The van der Waals surface area contributed by atoms with Crippen LogP contribution in [-0.2, 0) is 11.0 Å². The Morgan fingerprint density at radius 3 is 2.02 bits per heavy atom. The number of halogens is 6. The summed E-state index contributed by atoms with van der Waals surface area (Å²) in [6.07, 6.45) is -2.71. The van der Waals surface area contributed by atoms with Crippen molar-refractivity contribution in [1.82, 2.24) is 9.80 Å². The normalized spacial score (nSPS) is 14.8. The first-order valence-electron chi connectivity index (χ1n) is 12.5. The number of aliphatic hydroxyl groups is 1. The van der Waals surface area contributed by atoms with Crippen molar-refractivity contribution in [2.45, 2.75) is 35.2 Å². The van der Waals surface area contributed by atoms with Gasteiger partial charge in [0.2, 0.25) is 0 Å². The van der Waals surface area contributed by atoms with E-state index in [1.807, 2.05) is 29.2 Å². The lowest BCUT2D eigenvalue weighted by Crippen LogP contribution is -2.47. The molecular weight excluding hydrogens is 612 g/mol. The van der Waals surface area contributed by atoms with E-state index >= 15 is 0 Å². The maximum Gasteiger partial charge on any atom is 0.416 e. The summed E-state index contributed by atoms with van der Waals surface area (Å²) >= 11 is 1.53. The second-order valence-electron chi connectivity index (χ2n) is 8.95. The molecule has 7 nitrogen and oxygen atoms in total. The number of hydrogen-bond donors (Lipinski definition) is 3. The molecule has 0 aromatic heterocycles. The first-order chi connectivity index (χ1) is 17.7. The second kappa shape index (κ2) is 18.9. The number of aliphatic hydroxyl groups excluding tert-OH is 1. The van der Waals surface area contributed by atoms with E-state index in [9.17, 15) is 18.0 Å². The molecule has 2 aromatic rings. The van der Waals surface area contributed by atoms with E-state index in [4.69, 9.17) is 15.9 Å². The van der Waals surface area contributed by atoms with Crippen molar-refractivity contribution in [3.8, 4) is 0 Å². The summed E-state index contributed by atoms with van der Waals surface area (Å²) in [6, 6.07) is 11.9. The SMILES string of the molecule is Cl.Cl.Cl.NCCCC(=O)O.OCCN1CCN(CCCN2c3ccccc3Sc3ccc(C(F)(F)F)cc32)CC1. The average molecular weight is 650 g/mol. The number of piperazine rings is 1. The molecule has 0 atom stereocenters. The van der Waals surface area contributed by atoms with Gasteiger partial charge in [-0.1, -0.05) is 23.9 Å². The molecule has 2 aromatic carbocycles. The van der Waals surface area contributed by atoms with Crippen molar-refractivity contribution >= 4 is 66.3 Å². The number of para-hydroxylation sites is 1. The number of alkyl halides is 3. The highest BCUT2D eigenvalue weighted by Crippen LogP contribution is 2.49. The Kier molecular flexibility index (Phi) is 18.2. The number of benzene rings is 2. The molecule has 228 valence electrons. The van der Waals surface area contributed by atoms with Crippen LogP contribution in [0, 0.1) is 0 Å². The molecule has 0 amide bonds. The van der Waals surface area contributed by atoms with Crippen molar-refractivity contribution in [2.75, 3.05) is 63.9 Å². The zero-order valence-electron chi connectivity index (χ0n) is 22.0. The molecule has 0 aliphatic carbocycles. The van der Waals surface area contributed by atoms with Crippen LogP contribution in [0.1, 0.15) is 24.8 Å². The highest BCUT2D eigenvalue weighted by molar-refractivity contribution is 7.99. The zero-order chi connectivity index (χ0) is 26.8. The third-order valence-electron chi connectivity index (χ3n) is 6.28. The number of nitrogens with two attached hydrogens (primary N) is 1. The Hall–Kier alpha value is -1.44. The lowest BCUT2D eigenvalue weighted by Gasteiger charge is -2.36. The molecule has 2 aliphatic heterocycles. The number of carbonyl (C=O) groups is 1. The van der Waals surface area contributed by atoms with Gasteiger partial charge >= 0.3 is 12.1 Å². The minimum Gasteiger partial charge on any atom is -0.481 e. The van der Waals surface area contributed by atoms with E-state index in [1.54, 1.807) is 6.07 Å². The number of carboxylic acids is 1. The van der Waals surface area contributed by atoms with Crippen molar-refractivity contribution in [1.29, 1.82) is 0 Å². The maximum atomic E-state index is 13.3. The van der Waals surface area contributed by atoms with Gasteiger partial charge in [0.15, 0.2) is 0 Å². The van der Waals surface area contributed by atoms with Crippen LogP contribution in [0.15, 0.2) is 52.3 Å². The molecule has 0 spiro atoms. The molecule has 0 unspecified atom stereocenters. The Labute approximate surface area is 256 Å². The lowest BCUT2D eigenvalue weighted by atomic mass is 10.1. The lowest BCUT2D eigenvalue weighted by molar-refractivity contribution is -0.138. The summed E-state index contributed by atoms with van der Waals surface area (Å²) in [7, 11) is 0. The highest BCUT2D eigenvalue weighted by atomic mass is 35.5. The molecule has 0 bridgehead atoms. The fourth-order valence-electron chi connectivity index (χ4n) is 4.33. The number of β-amino-alcohol motifs (C(OH)–C–C–N with tert-alkyl or cyclic N) is 1. The highest BCUT2D eigenvalue weighted by Gasteiger charge is 2.33. The predicted molar refractivity (Wildman–Crippen MR) is 161 cm³/mol. The van der Waals surface area contributed by atoms with E-state index < -0.39 is 17.7 Å². The van der Waals surface area contributed by atoms with E-state index in [-0.39, 0.29) is 50.2 Å². The molecule has 2 aliphatic rings. The van der Waals surface area contributed by atoms with Gasteiger partial charge in [-0.2, -0.15) is 13.2 Å². The van der Waals surface area contributed by atoms with Gasteiger partial charge in [-0.3, -0.25) is 9.69 Å². The van der Waals surface area contributed by atoms with Gasteiger partial charge in [-0.25, -0.2) is 0 Å². The third-order valence-corrected chi connectivity index (χ3v) is 7.42. The number of nitrogens with zero attached hydrogens (tertiary/aromatic N) is 3. The zero-order valence-corrected chi connectivity index (χ0v) is 25.3. The molecule has 14 heteroatoms. The van der Waals surface area contributed by atoms with Crippen LogP contribution in [-0.4, -0.2) is 84.9 Å². The first kappa shape index (κ1) is 38.6. The third kappa shape index (κ3) is 11.4. The van der Waals surface area contributed by atoms with Gasteiger partial charge in [-0.05, 0) is 56.3 Å². The van der Waals surface area contributed by atoms with Crippen LogP contribution >= 0.6 is 49.0 Å². The first-order valence-corrected chi connectivity index (χ1v) is 13.3. The topological polar surface area (TPSA) is 93.3 Å². The quantitative estimate of drug-likeness (QED) is 0.334. The predicted octanol–water partition coefficient (Wildman–Crippen LogP) is 5.38.